The largest absolute Gasteiger partial charge is 0.437 e. The summed E-state index contributed by atoms with van der Waals surface area (Å²) in [7, 11) is 0. The van der Waals surface area contributed by atoms with E-state index in [0.717, 1.165) is 5.56 Å². The van der Waals surface area contributed by atoms with Crippen molar-refractivity contribution in [3.63, 3.8) is 0 Å². The van der Waals surface area contributed by atoms with Gasteiger partial charge in [-0.25, -0.2) is 4.98 Å². The molecule has 0 unspecified atom stereocenters. The van der Waals surface area contributed by atoms with Crippen molar-refractivity contribution in [1.82, 2.24) is 9.97 Å². The standard InChI is InChI=1S/C17H12N4O/c18-11-14-15(12-7-3-1-4-8-12)20-17(19)21-16(14)22-13-9-5-2-6-10-13/h1-10H,(H2,19,20,21). The Kier molecular flexibility index (Phi) is 3.67. The molecule has 0 amide bonds. The highest BCUT2D eigenvalue weighted by molar-refractivity contribution is 5.70. The summed E-state index contributed by atoms with van der Waals surface area (Å²) in [6.45, 7) is 0. The van der Waals surface area contributed by atoms with Crippen molar-refractivity contribution >= 4 is 5.95 Å². The number of nitrogens with zero attached hydrogens (tertiary/aromatic N) is 3. The van der Waals surface area contributed by atoms with Crippen LogP contribution in [-0.4, -0.2) is 9.97 Å². The van der Waals surface area contributed by atoms with Gasteiger partial charge in [0.2, 0.25) is 11.8 Å². The van der Waals surface area contributed by atoms with Crippen molar-refractivity contribution in [2.45, 2.75) is 0 Å². The van der Waals surface area contributed by atoms with Gasteiger partial charge in [0.05, 0.1) is 5.69 Å². The van der Waals surface area contributed by atoms with Crippen LogP contribution in [-0.2, 0) is 0 Å². The summed E-state index contributed by atoms with van der Waals surface area (Å²) in [5, 5.41) is 9.48. The lowest BCUT2D eigenvalue weighted by atomic mass is 10.1. The van der Waals surface area contributed by atoms with Crippen LogP contribution in [0.5, 0.6) is 11.6 Å². The first-order chi connectivity index (χ1) is 10.8. The monoisotopic (exact) mass is 288 g/mol. The zero-order valence-corrected chi connectivity index (χ0v) is 11.6. The Balaban J connectivity index is 2.12. The maximum absolute atomic E-state index is 9.48. The van der Waals surface area contributed by atoms with E-state index in [1.54, 1.807) is 12.1 Å². The van der Waals surface area contributed by atoms with E-state index in [2.05, 4.69) is 16.0 Å². The van der Waals surface area contributed by atoms with Gasteiger partial charge < -0.3 is 10.5 Å². The number of hydrogen-bond acceptors (Lipinski definition) is 5. The molecule has 0 fully saturated rings. The number of aromatic nitrogens is 2. The van der Waals surface area contributed by atoms with Gasteiger partial charge in [-0.15, -0.1) is 0 Å². The maximum Gasteiger partial charge on any atom is 0.242 e. The first-order valence-corrected chi connectivity index (χ1v) is 6.64. The summed E-state index contributed by atoms with van der Waals surface area (Å²) in [4.78, 5) is 8.23. The van der Waals surface area contributed by atoms with Gasteiger partial charge in [0, 0.05) is 5.56 Å². The molecule has 3 aromatic rings. The van der Waals surface area contributed by atoms with Crippen LogP contribution in [0.25, 0.3) is 11.3 Å². The highest BCUT2D eigenvalue weighted by Gasteiger charge is 2.16. The molecule has 5 nitrogen and oxygen atoms in total. The Bertz CT molecular complexity index is 827. The van der Waals surface area contributed by atoms with Crippen molar-refractivity contribution in [2.24, 2.45) is 0 Å². The average molecular weight is 288 g/mol. The fraction of sp³-hybridized carbons (Fsp3) is 0. The molecule has 0 aliphatic carbocycles. The van der Waals surface area contributed by atoms with Crippen LogP contribution in [0.1, 0.15) is 5.56 Å². The van der Waals surface area contributed by atoms with Crippen molar-refractivity contribution in [2.75, 3.05) is 5.73 Å². The lowest BCUT2D eigenvalue weighted by Crippen LogP contribution is -2.03. The van der Waals surface area contributed by atoms with Crippen molar-refractivity contribution in [3.8, 4) is 29.0 Å². The summed E-state index contributed by atoms with van der Waals surface area (Å²) in [5.41, 5.74) is 7.26. The summed E-state index contributed by atoms with van der Waals surface area (Å²) in [6.07, 6.45) is 0. The second-order valence-corrected chi connectivity index (χ2v) is 4.50. The summed E-state index contributed by atoms with van der Waals surface area (Å²) in [6, 6.07) is 20.6. The minimum absolute atomic E-state index is 0.0591. The topological polar surface area (TPSA) is 84.8 Å². The predicted molar refractivity (Wildman–Crippen MR) is 83.1 cm³/mol. The van der Waals surface area contributed by atoms with Crippen molar-refractivity contribution < 1.29 is 4.74 Å². The second kappa shape index (κ2) is 5.94. The Morgan fingerprint density at radius 3 is 2.18 bits per heavy atom. The number of para-hydroxylation sites is 1. The molecular formula is C17H12N4O. The Morgan fingerprint density at radius 2 is 1.55 bits per heavy atom. The third kappa shape index (κ3) is 2.72. The maximum atomic E-state index is 9.48. The van der Waals surface area contributed by atoms with Crippen LogP contribution in [0.2, 0.25) is 0 Å². The van der Waals surface area contributed by atoms with Crippen LogP contribution < -0.4 is 10.5 Å². The molecule has 106 valence electrons. The van der Waals surface area contributed by atoms with Gasteiger partial charge in [-0.05, 0) is 12.1 Å². The molecule has 0 spiro atoms. The third-order valence-corrected chi connectivity index (χ3v) is 3.01. The van der Waals surface area contributed by atoms with Gasteiger partial charge in [0.1, 0.15) is 17.4 Å². The quantitative estimate of drug-likeness (QED) is 0.798. The molecule has 0 aliphatic rings. The van der Waals surface area contributed by atoms with Gasteiger partial charge in [0.15, 0.2) is 0 Å². The molecule has 0 saturated carbocycles. The van der Waals surface area contributed by atoms with E-state index in [1.807, 2.05) is 48.5 Å². The normalized spacial score (nSPS) is 9.95. The smallest absolute Gasteiger partial charge is 0.242 e. The third-order valence-electron chi connectivity index (χ3n) is 3.01. The molecule has 0 saturated heterocycles. The average Bonchev–Trinajstić information content (AvgIpc) is 2.56. The number of nitrogens with two attached hydrogens (primary N) is 1. The van der Waals surface area contributed by atoms with Crippen LogP contribution in [0.15, 0.2) is 60.7 Å². The minimum atomic E-state index is 0.0591. The molecule has 2 N–H and O–H groups in total. The highest BCUT2D eigenvalue weighted by atomic mass is 16.5. The zero-order valence-electron chi connectivity index (χ0n) is 11.6. The van der Waals surface area contributed by atoms with Crippen molar-refractivity contribution in [3.05, 3.63) is 66.2 Å². The molecule has 0 aliphatic heterocycles. The Morgan fingerprint density at radius 1 is 0.909 bits per heavy atom. The summed E-state index contributed by atoms with van der Waals surface area (Å²) >= 11 is 0. The molecule has 22 heavy (non-hydrogen) atoms. The van der Waals surface area contributed by atoms with Gasteiger partial charge in [-0.3, -0.25) is 0 Å². The van der Waals surface area contributed by atoms with Gasteiger partial charge >= 0.3 is 0 Å². The highest BCUT2D eigenvalue weighted by Crippen LogP contribution is 2.30. The van der Waals surface area contributed by atoms with E-state index < -0.39 is 0 Å². The fourth-order valence-corrected chi connectivity index (χ4v) is 2.04. The number of benzene rings is 2. The SMILES string of the molecule is N#Cc1c(Oc2ccccc2)nc(N)nc1-c1ccccc1. The van der Waals surface area contributed by atoms with E-state index in [1.165, 1.54) is 0 Å². The second-order valence-electron chi connectivity index (χ2n) is 4.50. The summed E-state index contributed by atoms with van der Waals surface area (Å²) in [5.74, 6) is 0.792. The molecule has 0 radical (unpaired) electrons. The van der Waals surface area contributed by atoms with E-state index in [0.29, 0.717) is 11.4 Å². The lowest BCUT2D eigenvalue weighted by molar-refractivity contribution is 0.461. The van der Waals surface area contributed by atoms with Crippen LogP contribution in [0.4, 0.5) is 5.95 Å². The zero-order chi connectivity index (χ0) is 15.4. The van der Waals surface area contributed by atoms with Crippen LogP contribution in [0.3, 0.4) is 0 Å². The molecule has 5 heteroatoms. The van der Waals surface area contributed by atoms with E-state index in [-0.39, 0.29) is 17.4 Å². The summed E-state index contributed by atoms with van der Waals surface area (Å²) < 4.78 is 5.69. The number of hydrogen-bond donors (Lipinski definition) is 1. The molecule has 1 aromatic heterocycles. The van der Waals surface area contributed by atoms with Gasteiger partial charge in [-0.2, -0.15) is 10.2 Å². The fourth-order valence-electron chi connectivity index (χ4n) is 2.04. The number of nitriles is 1. The van der Waals surface area contributed by atoms with Crippen molar-refractivity contribution in [1.29, 1.82) is 5.26 Å². The molecule has 1 heterocycles. The number of rotatable bonds is 3. The molecule has 0 bridgehead atoms. The first-order valence-electron chi connectivity index (χ1n) is 6.64. The van der Waals surface area contributed by atoms with E-state index in [4.69, 9.17) is 10.5 Å². The van der Waals surface area contributed by atoms with Crippen LogP contribution in [0, 0.1) is 11.3 Å². The Hall–Kier alpha value is -3.39. The number of ether oxygens (including phenoxy) is 1. The molecule has 2 aromatic carbocycles. The predicted octanol–water partition coefficient (Wildman–Crippen LogP) is 3.39. The van der Waals surface area contributed by atoms with Gasteiger partial charge in [0.25, 0.3) is 0 Å². The first kappa shape index (κ1) is 13.6. The van der Waals surface area contributed by atoms with Gasteiger partial charge in [-0.1, -0.05) is 48.5 Å². The minimum Gasteiger partial charge on any atom is -0.437 e. The van der Waals surface area contributed by atoms with E-state index in [9.17, 15) is 5.26 Å². The molecular weight excluding hydrogens is 276 g/mol. The molecule has 0 atom stereocenters. The molecule has 3 rings (SSSR count). The lowest BCUT2D eigenvalue weighted by Gasteiger charge is -2.10. The van der Waals surface area contributed by atoms with Crippen LogP contribution >= 0.6 is 0 Å². The number of anilines is 1. The Labute approximate surface area is 127 Å². The number of nitrogen functional groups attached to an aromatic ring is 1. The van der Waals surface area contributed by atoms with E-state index >= 15 is 0 Å².